The molecule has 0 aliphatic carbocycles. The van der Waals surface area contributed by atoms with Crippen LogP contribution in [-0.4, -0.2) is 44.6 Å². The van der Waals surface area contributed by atoms with Crippen molar-refractivity contribution >= 4 is 5.91 Å². The Hall–Kier alpha value is -0.540. The number of carbonyl (C=O) groups excluding carboxylic acids is 1. The van der Waals surface area contributed by atoms with Crippen molar-refractivity contribution in [2.45, 2.75) is 13.8 Å². The Kier molecular flexibility index (Phi) is 6.90. The lowest BCUT2D eigenvalue weighted by atomic mass is 9.92. The molecule has 0 saturated heterocycles. The molecule has 0 rings (SSSR count). The van der Waals surface area contributed by atoms with Gasteiger partial charge in [0.1, 0.15) is 0 Å². The highest BCUT2D eigenvalue weighted by Crippen LogP contribution is 2.16. The predicted octanol–water partition coefficient (Wildman–Crippen LogP) is -1.97. The lowest BCUT2D eigenvalue weighted by molar-refractivity contribution is -0.876. The predicted molar refractivity (Wildman–Crippen MR) is 59.9 cm³/mol. The summed E-state index contributed by atoms with van der Waals surface area (Å²) in [6.45, 7) is 9.43. The molecule has 1 amide bonds. The van der Waals surface area contributed by atoms with Crippen molar-refractivity contribution in [1.29, 1.82) is 0 Å². The minimum absolute atomic E-state index is 0. The smallest absolute Gasteiger partial charge is 0.243 e. The lowest BCUT2D eigenvalue weighted by Gasteiger charge is -2.34. The van der Waals surface area contributed by atoms with Gasteiger partial charge in [-0.25, -0.2) is 0 Å². The first-order valence-corrected chi connectivity index (χ1v) is 4.87. The Morgan fingerprint density at radius 3 is 2.20 bits per heavy atom. The Morgan fingerprint density at radius 2 is 1.87 bits per heavy atom. The Morgan fingerprint density at radius 1 is 1.40 bits per heavy atom. The third-order valence-corrected chi connectivity index (χ3v) is 1.83. The normalized spacial score (nSPS) is 11.5. The zero-order valence-corrected chi connectivity index (χ0v) is 11.2. The number of hydrogen-bond donors (Lipinski definition) is 1. The van der Waals surface area contributed by atoms with Crippen molar-refractivity contribution < 1.29 is 21.7 Å². The summed E-state index contributed by atoms with van der Waals surface area (Å²) in [4.78, 5) is 11.0. The molecule has 0 saturated carbocycles. The van der Waals surface area contributed by atoms with Crippen LogP contribution in [0, 0.1) is 5.41 Å². The summed E-state index contributed by atoms with van der Waals surface area (Å²) in [5.41, 5.74) is 0.108. The van der Waals surface area contributed by atoms with Crippen LogP contribution in [0.1, 0.15) is 13.8 Å². The van der Waals surface area contributed by atoms with Gasteiger partial charge in [-0.3, -0.25) is 4.79 Å². The van der Waals surface area contributed by atoms with Crippen LogP contribution in [-0.2, 0) is 4.79 Å². The van der Waals surface area contributed by atoms with Gasteiger partial charge in [-0.05, 0) is 6.08 Å². The summed E-state index contributed by atoms with van der Waals surface area (Å²) in [6, 6.07) is 0. The number of amides is 1. The minimum atomic E-state index is -0.0977. The summed E-state index contributed by atoms with van der Waals surface area (Å²) >= 11 is 0. The van der Waals surface area contributed by atoms with E-state index in [0.29, 0.717) is 6.54 Å². The van der Waals surface area contributed by atoms with E-state index in [0.717, 1.165) is 11.0 Å². The quantitative estimate of drug-likeness (QED) is 0.434. The molecule has 0 aromatic rings. The van der Waals surface area contributed by atoms with E-state index in [2.05, 4.69) is 46.9 Å². The SMILES string of the molecule is C=CC(=O)NCC(C)(C)C[N+](C)(C)C.[Cl-]. The van der Waals surface area contributed by atoms with Gasteiger partial charge in [0.05, 0.1) is 27.7 Å². The average molecular weight is 235 g/mol. The summed E-state index contributed by atoms with van der Waals surface area (Å²) < 4.78 is 0.900. The van der Waals surface area contributed by atoms with Gasteiger partial charge < -0.3 is 22.2 Å². The molecule has 0 radical (unpaired) electrons. The van der Waals surface area contributed by atoms with Crippen LogP contribution >= 0.6 is 0 Å². The van der Waals surface area contributed by atoms with Crippen molar-refractivity contribution in [3.63, 3.8) is 0 Å². The van der Waals surface area contributed by atoms with E-state index in [9.17, 15) is 4.79 Å². The molecule has 0 aliphatic heterocycles. The van der Waals surface area contributed by atoms with Gasteiger partial charge in [-0.15, -0.1) is 0 Å². The molecule has 1 N–H and O–H groups in total. The van der Waals surface area contributed by atoms with E-state index >= 15 is 0 Å². The summed E-state index contributed by atoms with van der Waals surface area (Å²) in [6.07, 6.45) is 1.31. The summed E-state index contributed by atoms with van der Waals surface area (Å²) in [5.74, 6) is -0.0977. The van der Waals surface area contributed by atoms with E-state index in [1.54, 1.807) is 0 Å². The molecular formula is C11H23ClN2O. The van der Waals surface area contributed by atoms with Gasteiger partial charge in [0, 0.05) is 12.0 Å². The van der Waals surface area contributed by atoms with E-state index in [1.165, 1.54) is 6.08 Å². The number of nitrogens with zero attached hydrogens (tertiary/aromatic N) is 1. The number of quaternary nitrogens is 1. The number of nitrogens with one attached hydrogen (secondary N) is 1. The molecule has 0 heterocycles. The second kappa shape index (κ2) is 6.13. The van der Waals surface area contributed by atoms with Gasteiger partial charge in [0.2, 0.25) is 5.91 Å². The molecule has 0 aliphatic rings. The Balaban J connectivity index is 0. The standard InChI is InChI=1S/C11H22N2O.ClH/c1-7-10(14)12-8-11(2,3)9-13(4,5)6;/h7H,1,8-9H2,2-6H3;1H. The monoisotopic (exact) mass is 234 g/mol. The van der Waals surface area contributed by atoms with Crippen molar-refractivity contribution in [1.82, 2.24) is 5.32 Å². The Labute approximate surface area is 99.5 Å². The molecule has 0 fully saturated rings. The topological polar surface area (TPSA) is 29.1 Å². The first-order chi connectivity index (χ1) is 6.16. The first kappa shape index (κ1) is 16.9. The van der Waals surface area contributed by atoms with Gasteiger partial charge in [0.25, 0.3) is 0 Å². The van der Waals surface area contributed by atoms with Crippen LogP contribution in [0.2, 0.25) is 0 Å². The fourth-order valence-corrected chi connectivity index (χ4v) is 1.74. The van der Waals surface area contributed by atoms with Crippen molar-refractivity contribution in [2.24, 2.45) is 5.41 Å². The molecule has 0 unspecified atom stereocenters. The maximum Gasteiger partial charge on any atom is 0.243 e. The molecule has 0 bridgehead atoms. The molecule has 90 valence electrons. The highest BCUT2D eigenvalue weighted by molar-refractivity contribution is 5.86. The zero-order chi connectivity index (χ0) is 11.4. The second-order valence-electron chi connectivity index (χ2n) is 5.53. The average Bonchev–Trinajstić information content (AvgIpc) is 1.96. The van der Waals surface area contributed by atoms with E-state index in [4.69, 9.17) is 0 Å². The maximum absolute atomic E-state index is 11.0. The highest BCUT2D eigenvalue weighted by Gasteiger charge is 2.25. The van der Waals surface area contributed by atoms with Crippen LogP contribution < -0.4 is 17.7 Å². The molecule has 15 heavy (non-hydrogen) atoms. The molecule has 3 nitrogen and oxygen atoms in total. The van der Waals surface area contributed by atoms with Crippen molar-refractivity contribution in [2.75, 3.05) is 34.2 Å². The molecular weight excluding hydrogens is 212 g/mol. The lowest BCUT2D eigenvalue weighted by Crippen LogP contribution is -3.00. The summed E-state index contributed by atoms with van der Waals surface area (Å²) in [5, 5.41) is 2.83. The fraction of sp³-hybridized carbons (Fsp3) is 0.727. The number of rotatable bonds is 5. The van der Waals surface area contributed by atoms with Gasteiger partial charge >= 0.3 is 0 Å². The molecule has 4 heteroatoms. The van der Waals surface area contributed by atoms with Crippen molar-refractivity contribution in [3.05, 3.63) is 12.7 Å². The first-order valence-electron chi connectivity index (χ1n) is 4.87. The van der Waals surface area contributed by atoms with Crippen LogP contribution in [0.5, 0.6) is 0 Å². The molecule has 0 atom stereocenters. The number of carbonyl (C=O) groups is 1. The van der Waals surface area contributed by atoms with Crippen LogP contribution in [0.15, 0.2) is 12.7 Å². The molecule has 0 aromatic heterocycles. The fourth-order valence-electron chi connectivity index (χ4n) is 1.74. The van der Waals surface area contributed by atoms with Crippen LogP contribution in [0.4, 0.5) is 0 Å². The third-order valence-electron chi connectivity index (χ3n) is 1.83. The van der Waals surface area contributed by atoms with Crippen molar-refractivity contribution in [3.8, 4) is 0 Å². The number of halogens is 1. The van der Waals surface area contributed by atoms with E-state index in [1.807, 2.05) is 0 Å². The van der Waals surface area contributed by atoms with Gasteiger partial charge in [0.15, 0.2) is 0 Å². The van der Waals surface area contributed by atoms with Gasteiger partial charge in [-0.1, -0.05) is 20.4 Å². The molecule has 0 aromatic carbocycles. The zero-order valence-electron chi connectivity index (χ0n) is 10.4. The van der Waals surface area contributed by atoms with Crippen LogP contribution in [0.3, 0.4) is 0 Å². The largest absolute Gasteiger partial charge is 1.00 e. The second-order valence-corrected chi connectivity index (χ2v) is 5.53. The Bertz CT molecular complexity index is 219. The third kappa shape index (κ3) is 9.76. The van der Waals surface area contributed by atoms with E-state index in [-0.39, 0.29) is 23.7 Å². The molecule has 0 spiro atoms. The highest BCUT2D eigenvalue weighted by atomic mass is 35.5. The number of hydrogen-bond acceptors (Lipinski definition) is 1. The maximum atomic E-state index is 11.0. The van der Waals surface area contributed by atoms with Gasteiger partial charge in [-0.2, -0.15) is 0 Å². The minimum Gasteiger partial charge on any atom is -1.00 e. The summed E-state index contributed by atoms with van der Waals surface area (Å²) in [7, 11) is 6.45. The van der Waals surface area contributed by atoms with E-state index < -0.39 is 0 Å². The van der Waals surface area contributed by atoms with Crippen LogP contribution in [0.25, 0.3) is 0 Å².